The molecule has 0 saturated carbocycles. The Morgan fingerprint density at radius 2 is 1.81 bits per heavy atom. The minimum Gasteiger partial charge on any atom is -0.497 e. The maximum Gasteiger partial charge on any atom is 0.253 e. The average Bonchev–Trinajstić information content (AvgIpc) is 2.72. The lowest BCUT2D eigenvalue weighted by molar-refractivity contribution is 0.0916. The number of carbonyl (C=O) groups is 1. The number of aromatic nitrogens is 1. The number of hydrogen-bond donors (Lipinski definition) is 2. The zero-order chi connectivity index (χ0) is 18.4. The zero-order valence-corrected chi connectivity index (χ0v) is 14.4. The Labute approximate surface area is 152 Å². The monoisotopic (exact) mass is 348 g/mol. The van der Waals surface area contributed by atoms with Crippen molar-refractivity contribution < 1.29 is 14.6 Å². The number of pyridine rings is 1. The molecule has 0 aliphatic rings. The molecule has 5 heteroatoms. The van der Waals surface area contributed by atoms with Crippen LogP contribution in [0.2, 0.25) is 0 Å². The first-order valence-electron chi connectivity index (χ1n) is 8.27. The summed E-state index contributed by atoms with van der Waals surface area (Å²) in [6.45, 7) is -0.179. The van der Waals surface area contributed by atoms with Gasteiger partial charge in [-0.15, -0.1) is 0 Å². The summed E-state index contributed by atoms with van der Waals surface area (Å²) < 4.78 is 5.16. The number of carbonyl (C=O) groups excluding carboxylic acids is 1. The Bertz CT molecular complexity index is 864. The minimum atomic E-state index is -0.464. The molecule has 1 heterocycles. The molecule has 0 aliphatic heterocycles. The van der Waals surface area contributed by atoms with Crippen LogP contribution in [0.5, 0.6) is 5.75 Å². The van der Waals surface area contributed by atoms with Gasteiger partial charge < -0.3 is 15.2 Å². The van der Waals surface area contributed by atoms with Crippen LogP contribution in [0.4, 0.5) is 0 Å². The van der Waals surface area contributed by atoms with Crippen molar-refractivity contribution in [2.45, 2.75) is 6.04 Å². The van der Waals surface area contributed by atoms with Gasteiger partial charge in [0.2, 0.25) is 0 Å². The van der Waals surface area contributed by atoms with Crippen molar-refractivity contribution in [1.29, 1.82) is 0 Å². The van der Waals surface area contributed by atoms with Gasteiger partial charge in [0.05, 0.1) is 25.3 Å². The van der Waals surface area contributed by atoms with E-state index in [-0.39, 0.29) is 12.5 Å². The molecular formula is C21H20N2O3. The minimum absolute atomic E-state index is 0.179. The van der Waals surface area contributed by atoms with Crippen molar-refractivity contribution in [3.8, 4) is 16.9 Å². The highest BCUT2D eigenvalue weighted by Crippen LogP contribution is 2.22. The number of benzene rings is 2. The summed E-state index contributed by atoms with van der Waals surface area (Å²) in [6.07, 6.45) is 3.22. The van der Waals surface area contributed by atoms with Crippen LogP contribution in [0.3, 0.4) is 0 Å². The van der Waals surface area contributed by atoms with E-state index in [4.69, 9.17) is 4.74 Å². The first-order valence-corrected chi connectivity index (χ1v) is 8.27. The standard InChI is InChI=1S/C21H20N2O3/c1-26-19-9-7-15(8-10-19)17-11-18(13-22-12-17)21(25)23-20(14-24)16-5-3-2-4-6-16/h2-13,20,24H,14H2,1H3,(H,23,25)/t20-/m1/s1. The van der Waals surface area contributed by atoms with Crippen molar-refractivity contribution in [2.75, 3.05) is 13.7 Å². The molecule has 0 radical (unpaired) electrons. The van der Waals surface area contributed by atoms with Crippen molar-refractivity contribution in [3.05, 3.63) is 84.2 Å². The van der Waals surface area contributed by atoms with Crippen LogP contribution in [-0.4, -0.2) is 29.7 Å². The van der Waals surface area contributed by atoms with Crippen molar-refractivity contribution in [2.24, 2.45) is 0 Å². The maximum absolute atomic E-state index is 12.6. The van der Waals surface area contributed by atoms with Crippen LogP contribution in [0, 0.1) is 0 Å². The highest BCUT2D eigenvalue weighted by Gasteiger charge is 2.15. The van der Waals surface area contributed by atoms with Gasteiger partial charge in [0.1, 0.15) is 5.75 Å². The van der Waals surface area contributed by atoms with Gasteiger partial charge in [-0.1, -0.05) is 42.5 Å². The molecule has 0 aliphatic carbocycles. The number of hydrogen-bond acceptors (Lipinski definition) is 4. The maximum atomic E-state index is 12.6. The van der Waals surface area contributed by atoms with E-state index in [1.54, 1.807) is 19.4 Å². The summed E-state index contributed by atoms with van der Waals surface area (Å²) in [5.74, 6) is 0.486. The van der Waals surface area contributed by atoms with Gasteiger partial charge in [0.15, 0.2) is 0 Å². The Morgan fingerprint density at radius 3 is 2.46 bits per heavy atom. The molecule has 0 spiro atoms. The first kappa shape index (κ1) is 17.6. The number of nitrogens with zero attached hydrogens (tertiary/aromatic N) is 1. The molecule has 1 aromatic heterocycles. The van der Waals surface area contributed by atoms with Crippen LogP contribution in [0.25, 0.3) is 11.1 Å². The van der Waals surface area contributed by atoms with Crippen LogP contribution in [-0.2, 0) is 0 Å². The third-order valence-corrected chi connectivity index (χ3v) is 4.11. The lowest BCUT2D eigenvalue weighted by Crippen LogP contribution is -2.30. The Hall–Kier alpha value is -3.18. The molecule has 3 aromatic rings. The smallest absolute Gasteiger partial charge is 0.253 e. The lowest BCUT2D eigenvalue weighted by atomic mass is 10.0. The molecule has 26 heavy (non-hydrogen) atoms. The van der Waals surface area contributed by atoms with Gasteiger partial charge in [-0.05, 0) is 29.3 Å². The number of rotatable bonds is 6. The van der Waals surface area contributed by atoms with Gasteiger partial charge in [-0.3, -0.25) is 9.78 Å². The molecule has 0 saturated heterocycles. The molecule has 0 bridgehead atoms. The molecule has 132 valence electrons. The van der Waals surface area contributed by atoms with E-state index >= 15 is 0 Å². The predicted molar refractivity (Wildman–Crippen MR) is 100.0 cm³/mol. The summed E-state index contributed by atoms with van der Waals surface area (Å²) in [7, 11) is 1.62. The fourth-order valence-electron chi connectivity index (χ4n) is 2.67. The van der Waals surface area contributed by atoms with E-state index in [2.05, 4.69) is 10.3 Å². The second-order valence-electron chi connectivity index (χ2n) is 5.81. The molecule has 2 aromatic carbocycles. The van der Waals surface area contributed by atoms with Gasteiger partial charge in [0.25, 0.3) is 5.91 Å². The van der Waals surface area contributed by atoms with E-state index in [0.29, 0.717) is 5.56 Å². The Kier molecular flexibility index (Phi) is 5.61. The average molecular weight is 348 g/mol. The molecule has 2 N–H and O–H groups in total. The zero-order valence-electron chi connectivity index (χ0n) is 14.4. The summed E-state index contributed by atoms with van der Waals surface area (Å²) >= 11 is 0. The molecular weight excluding hydrogens is 328 g/mol. The topological polar surface area (TPSA) is 71.5 Å². The van der Waals surface area contributed by atoms with E-state index in [0.717, 1.165) is 22.4 Å². The number of aliphatic hydroxyl groups excluding tert-OH is 1. The Morgan fingerprint density at radius 1 is 1.08 bits per heavy atom. The van der Waals surface area contributed by atoms with Crippen LogP contribution < -0.4 is 10.1 Å². The largest absolute Gasteiger partial charge is 0.497 e. The summed E-state index contributed by atoms with van der Waals surface area (Å²) in [4.78, 5) is 16.8. The molecule has 5 nitrogen and oxygen atoms in total. The third kappa shape index (κ3) is 4.07. The fourth-order valence-corrected chi connectivity index (χ4v) is 2.67. The lowest BCUT2D eigenvalue weighted by Gasteiger charge is -2.17. The molecule has 1 atom stereocenters. The summed E-state index contributed by atoms with van der Waals surface area (Å²) in [5.41, 5.74) is 3.06. The number of nitrogens with one attached hydrogen (secondary N) is 1. The third-order valence-electron chi connectivity index (χ3n) is 4.11. The highest BCUT2D eigenvalue weighted by molar-refractivity contribution is 5.95. The van der Waals surface area contributed by atoms with Crippen molar-refractivity contribution in [3.63, 3.8) is 0 Å². The molecule has 3 rings (SSSR count). The SMILES string of the molecule is COc1ccc(-c2cncc(C(=O)N[C@H](CO)c3ccccc3)c2)cc1. The van der Waals surface area contributed by atoms with Crippen molar-refractivity contribution >= 4 is 5.91 Å². The first-order chi connectivity index (χ1) is 12.7. The highest BCUT2D eigenvalue weighted by atomic mass is 16.5. The van der Waals surface area contributed by atoms with Crippen LogP contribution in [0.15, 0.2) is 73.1 Å². The second kappa shape index (κ2) is 8.27. The summed E-state index contributed by atoms with van der Waals surface area (Å²) in [6, 6.07) is 18.2. The van der Waals surface area contributed by atoms with Gasteiger partial charge in [-0.2, -0.15) is 0 Å². The fraction of sp³-hybridized carbons (Fsp3) is 0.143. The predicted octanol–water partition coefficient (Wildman–Crippen LogP) is 3.22. The van der Waals surface area contributed by atoms with E-state index < -0.39 is 6.04 Å². The quantitative estimate of drug-likeness (QED) is 0.717. The van der Waals surface area contributed by atoms with Gasteiger partial charge >= 0.3 is 0 Å². The Balaban J connectivity index is 1.79. The normalized spacial score (nSPS) is 11.6. The number of aliphatic hydroxyl groups is 1. The van der Waals surface area contributed by atoms with Gasteiger partial charge in [0, 0.05) is 18.0 Å². The van der Waals surface area contributed by atoms with Crippen LogP contribution in [0.1, 0.15) is 22.0 Å². The second-order valence-corrected chi connectivity index (χ2v) is 5.81. The van der Waals surface area contributed by atoms with Gasteiger partial charge in [-0.25, -0.2) is 0 Å². The summed E-state index contributed by atoms with van der Waals surface area (Å²) in [5, 5.41) is 12.5. The number of amides is 1. The van der Waals surface area contributed by atoms with Crippen LogP contribution >= 0.6 is 0 Å². The number of methoxy groups -OCH3 is 1. The van der Waals surface area contributed by atoms with Crippen molar-refractivity contribution in [1.82, 2.24) is 10.3 Å². The molecule has 0 fully saturated rings. The molecule has 1 amide bonds. The van der Waals surface area contributed by atoms with E-state index in [1.807, 2.05) is 54.6 Å². The van der Waals surface area contributed by atoms with E-state index in [1.165, 1.54) is 6.20 Å². The number of ether oxygens (including phenoxy) is 1. The molecule has 0 unspecified atom stereocenters. The van der Waals surface area contributed by atoms with E-state index in [9.17, 15) is 9.90 Å².